The van der Waals surface area contributed by atoms with Gasteiger partial charge in [0.15, 0.2) is 0 Å². The minimum atomic E-state index is -3.95. The monoisotopic (exact) mass is 190 g/mol. The van der Waals surface area contributed by atoms with Crippen molar-refractivity contribution in [1.82, 2.24) is 0 Å². The second-order valence-corrected chi connectivity index (χ2v) is 5.42. The lowest BCUT2D eigenvalue weighted by Crippen LogP contribution is -2.10. The molecule has 0 saturated carbocycles. The Kier molecular flexibility index (Phi) is 3.02. The summed E-state index contributed by atoms with van der Waals surface area (Å²) in [7, 11) is 0. The molecule has 0 spiro atoms. The Balaban J connectivity index is 4.23. The fraction of sp³-hybridized carbons (Fsp3) is 0.500. The number of alkyl halides is 1. The summed E-state index contributed by atoms with van der Waals surface area (Å²) in [6, 6.07) is 0. The molecule has 0 aliphatic carbocycles. The minimum Gasteiger partial charge on any atom is -0.480 e. The number of thiol groups is 1. The zero-order valence-corrected chi connectivity index (χ0v) is 6.61. The molecule has 0 amide bonds. The van der Waals surface area contributed by atoms with E-state index in [1.807, 2.05) is 0 Å². The molecule has 0 aliphatic heterocycles. The number of rotatable bonds is 2. The van der Waals surface area contributed by atoms with E-state index in [-0.39, 0.29) is 0 Å². The number of carboxylic acids is 1. The van der Waals surface area contributed by atoms with Crippen LogP contribution in [0.25, 0.3) is 0 Å². The molecular formula is C2H4ClO4PS. The van der Waals surface area contributed by atoms with Crippen LogP contribution in [0, 0.1) is 0 Å². The number of hydrogen-bond donors (Lipinski definition) is 3. The SMILES string of the molecule is O=C(O)C(Cl)P(=O)(O)S. The van der Waals surface area contributed by atoms with Crippen LogP contribution < -0.4 is 0 Å². The van der Waals surface area contributed by atoms with Crippen LogP contribution in [0.5, 0.6) is 0 Å². The average molecular weight is 191 g/mol. The van der Waals surface area contributed by atoms with Gasteiger partial charge in [-0.15, -0.1) is 0 Å². The van der Waals surface area contributed by atoms with Crippen LogP contribution in [-0.4, -0.2) is 21.1 Å². The van der Waals surface area contributed by atoms with E-state index in [0.29, 0.717) is 0 Å². The van der Waals surface area contributed by atoms with E-state index in [1.54, 1.807) is 0 Å². The number of halogens is 1. The van der Waals surface area contributed by atoms with Crippen LogP contribution in [-0.2, 0) is 9.36 Å². The molecule has 7 heteroatoms. The van der Waals surface area contributed by atoms with Crippen molar-refractivity contribution in [2.45, 2.75) is 5.12 Å². The first kappa shape index (κ1) is 9.30. The Morgan fingerprint density at radius 1 is 1.78 bits per heavy atom. The lowest BCUT2D eigenvalue weighted by molar-refractivity contribution is -0.135. The lowest BCUT2D eigenvalue weighted by Gasteiger charge is -2.04. The van der Waals surface area contributed by atoms with E-state index in [2.05, 4.69) is 12.2 Å². The molecule has 9 heavy (non-hydrogen) atoms. The maximum Gasteiger partial charge on any atom is 0.332 e. The van der Waals surface area contributed by atoms with E-state index < -0.39 is 17.7 Å². The minimum absolute atomic E-state index is 1.54. The topological polar surface area (TPSA) is 74.6 Å². The molecular weight excluding hydrogens is 187 g/mol. The fourth-order valence-electron chi connectivity index (χ4n) is 0.144. The average Bonchev–Trinajstić information content (AvgIpc) is 1.62. The third kappa shape index (κ3) is 3.11. The Hall–Kier alpha value is 0.300. The molecule has 54 valence electrons. The Morgan fingerprint density at radius 3 is 2.11 bits per heavy atom. The summed E-state index contributed by atoms with van der Waals surface area (Å²) in [5, 5.41) is 6.19. The van der Waals surface area contributed by atoms with E-state index in [0.717, 1.165) is 0 Å². The molecule has 0 saturated heterocycles. The third-order valence-electron chi connectivity index (χ3n) is 0.499. The quantitative estimate of drug-likeness (QED) is 0.341. The van der Waals surface area contributed by atoms with Gasteiger partial charge in [-0.05, 0) is 0 Å². The second kappa shape index (κ2) is 2.92. The first-order valence-electron chi connectivity index (χ1n) is 1.78. The predicted octanol–water partition coefficient (Wildman–Crippen LogP) is 0.751. The van der Waals surface area contributed by atoms with Gasteiger partial charge >= 0.3 is 5.97 Å². The highest BCUT2D eigenvalue weighted by molar-refractivity contribution is 8.46. The summed E-state index contributed by atoms with van der Waals surface area (Å²) >= 11 is 7.99. The maximum atomic E-state index is 10.3. The number of carbonyl (C=O) groups is 1. The highest BCUT2D eigenvalue weighted by Crippen LogP contribution is 2.52. The molecule has 0 heterocycles. The molecule has 2 atom stereocenters. The largest absolute Gasteiger partial charge is 0.480 e. The summed E-state index contributed by atoms with van der Waals surface area (Å²) in [4.78, 5) is 18.2. The van der Waals surface area contributed by atoms with Crippen LogP contribution >= 0.6 is 30.4 Å². The van der Waals surface area contributed by atoms with Crippen molar-refractivity contribution in [3.63, 3.8) is 0 Å². The van der Waals surface area contributed by atoms with Crippen LogP contribution in [0.15, 0.2) is 0 Å². The molecule has 2 N–H and O–H groups in total. The number of aliphatic carboxylic acids is 1. The summed E-state index contributed by atoms with van der Waals surface area (Å²) in [6.07, 6.45) is 0. The summed E-state index contributed by atoms with van der Waals surface area (Å²) in [5.41, 5.74) is 0. The van der Waals surface area contributed by atoms with E-state index >= 15 is 0 Å². The normalized spacial score (nSPS) is 20.3. The zero-order valence-electron chi connectivity index (χ0n) is 4.06. The molecule has 0 radical (unpaired) electrons. The van der Waals surface area contributed by atoms with Gasteiger partial charge in [0.25, 0.3) is 6.57 Å². The van der Waals surface area contributed by atoms with Gasteiger partial charge in [0.05, 0.1) is 0 Å². The number of hydrogen-bond acceptors (Lipinski definition) is 2. The van der Waals surface area contributed by atoms with Crippen molar-refractivity contribution in [3.05, 3.63) is 0 Å². The summed E-state index contributed by atoms with van der Waals surface area (Å²) in [5.74, 6) is -1.54. The van der Waals surface area contributed by atoms with Gasteiger partial charge in [-0.25, -0.2) is 4.79 Å². The first-order chi connectivity index (χ1) is 3.85. The molecule has 0 aromatic carbocycles. The van der Waals surface area contributed by atoms with Crippen molar-refractivity contribution in [2.24, 2.45) is 0 Å². The van der Waals surface area contributed by atoms with Crippen molar-refractivity contribution in [3.8, 4) is 0 Å². The van der Waals surface area contributed by atoms with E-state index in [4.69, 9.17) is 21.6 Å². The summed E-state index contributed by atoms with van der Waals surface area (Å²) in [6.45, 7) is -3.95. The van der Waals surface area contributed by atoms with Crippen LogP contribution in [0.1, 0.15) is 0 Å². The van der Waals surface area contributed by atoms with Crippen LogP contribution in [0.3, 0.4) is 0 Å². The molecule has 0 fully saturated rings. The van der Waals surface area contributed by atoms with Crippen LogP contribution in [0.2, 0.25) is 0 Å². The summed E-state index contributed by atoms with van der Waals surface area (Å²) < 4.78 is 10.3. The molecule has 0 bridgehead atoms. The first-order valence-corrected chi connectivity index (χ1v) is 5.09. The van der Waals surface area contributed by atoms with E-state index in [1.165, 1.54) is 0 Å². The Bertz CT molecular complexity index is 164. The Labute approximate surface area is 61.4 Å². The third-order valence-corrected chi connectivity index (χ3v) is 3.39. The molecule has 0 rings (SSSR count). The van der Waals surface area contributed by atoms with Gasteiger partial charge in [0.1, 0.15) is 0 Å². The molecule has 0 aromatic heterocycles. The molecule has 0 aromatic rings. The highest BCUT2D eigenvalue weighted by atomic mass is 35.5. The van der Waals surface area contributed by atoms with Crippen molar-refractivity contribution >= 4 is 36.4 Å². The molecule has 4 nitrogen and oxygen atoms in total. The maximum absolute atomic E-state index is 10.3. The van der Waals surface area contributed by atoms with Crippen molar-refractivity contribution in [2.75, 3.05) is 0 Å². The van der Waals surface area contributed by atoms with Crippen LogP contribution in [0.4, 0.5) is 0 Å². The second-order valence-electron chi connectivity index (χ2n) is 1.26. The van der Waals surface area contributed by atoms with Gasteiger partial charge < -0.3 is 10.00 Å². The highest BCUT2D eigenvalue weighted by Gasteiger charge is 2.31. The fourth-order valence-corrected chi connectivity index (χ4v) is 0.728. The van der Waals surface area contributed by atoms with Crippen molar-refractivity contribution < 1.29 is 19.4 Å². The van der Waals surface area contributed by atoms with Gasteiger partial charge in [0.2, 0.25) is 5.12 Å². The Morgan fingerprint density at radius 2 is 2.11 bits per heavy atom. The van der Waals surface area contributed by atoms with Crippen molar-refractivity contribution in [1.29, 1.82) is 0 Å². The smallest absolute Gasteiger partial charge is 0.332 e. The van der Waals surface area contributed by atoms with Gasteiger partial charge in [-0.1, -0.05) is 23.8 Å². The molecule has 0 aliphatic rings. The standard InChI is InChI=1S/C2H4ClO4PS/c3-1(2(4)5)8(6,7)9/h1H,(H,4,5)(H2,6,7,9). The van der Waals surface area contributed by atoms with Gasteiger partial charge in [-0.3, -0.25) is 4.57 Å². The lowest BCUT2D eigenvalue weighted by atomic mass is 10.8. The predicted molar refractivity (Wildman–Crippen MR) is 36.1 cm³/mol. The van der Waals surface area contributed by atoms with E-state index in [9.17, 15) is 9.36 Å². The molecule has 2 unspecified atom stereocenters. The number of carboxylic acid groups (broad SMARTS) is 1. The van der Waals surface area contributed by atoms with Gasteiger partial charge in [0, 0.05) is 0 Å². The van der Waals surface area contributed by atoms with Gasteiger partial charge in [-0.2, -0.15) is 0 Å². The zero-order chi connectivity index (χ0) is 7.65.